The monoisotopic (exact) mass is 834 g/mol. The van der Waals surface area contributed by atoms with Crippen LogP contribution in [0.4, 0.5) is 8.78 Å². The Balaban J connectivity index is 0.000000321. The number of ether oxygens (including phenoxy) is 3. The molecular formula is C44H48F2N2O12. The summed E-state index contributed by atoms with van der Waals surface area (Å²) in [6, 6.07) is 21.5. The number of carbonyl (C=O) groups excluding carboxylic acids is 3. The van der Waals surface area contributed by atoms with Crippen LogP contribution in [-0.4, -0.2) is 83.9 Å². The molecule has 0 heterocycles. The van der Waals surface area contributed by atoms with Gasteiger partial charge in [0.25, 0.3) is 0 Å². The van der Waals surface area contributed by atoms with Crippen LogP contribution in [0.1, 0.15) is 56.6 Å². The fraction of sp³-hybridized carbons (Fsp3) is 0.318. The summed E-state index contributed by atoms with van der Waals surface area (Å²) in [5, 5.41) is 31.7. The second-order valence-electron chi connectivity index (χ2n) is 13.4. The highest BCUT2D eigenvalue weighted by molar-refractivity contribution is 5.82. The Labute approximate surface area is 345 Å². The molecule has 0 aliphatic heterocycles. The molecule has 0 bridgehead atoms. The Hall–Kier alpha value is -6.84. The largest absolute Gasteiger partial charge is 0.496 e. The first kappa shape index (κ1) is 47.5. The molecule has 14 nitrogen and oxygen atoms in total. The number of aliphatic carboxylic acids is 3. The molecular weight excluding hydrogens is 786 g/mol. The molecule has 0 saturated carbocycles. The minimum atomic E-state index is -1.10. The van der Waals surface area contributed by atoms with Crippen LogP contribution < -0.4 is 20.1 Å². The van der Waals surface area contributed by atoms with E-state index in [0.717, 1.165) is 22.3 Å². The maximum absolute atomic E-state index is 13.7. The zero-order chi connectivity index (χ0) is 44.2. The van der Waals surface area contributed by atoms with Crippen LogP contribution in [0.25, 0.3) is 22.3 Å². The number of amides is 2. The van der Waals surface area contributed by atoms with Gasteiger partial charge in [-0.2, -0.15) is 0 Å². The van der Waals surface area contributed by atoms with Gasteiger partial charge in [0, 0.05) is 36.1 Å². The zero-order valence-corrected chi connectivity index (χ0v) is 33.4. The summed E-state index contributed by atoms with van der Waals surface area (Å²) in [5.41, 5.74) is 4.29. The third-order valence-corrected chi connectivity index (χ3v) is 8.82. The molecule has 4 aromatic carbocycles. The van der Waals surface area contributed by atoms with E-state index in [0.29, 0.717) is 29.0 Å². The summed E-state index contributed by atoms with van der Waals surface area (Å²) in [5.74, 6) is -4.36. The summed E-state index contributed by atoms with van der Waals surface area (Å²) >= 11 is 0. The highest BCUT2D eigenvalue weighted by atomic mass is 19.1. The van der Waals surface area contributed by atoms with Crippen LogP contribution in [-0.2, 0) is 46.3 Å². The van der Waals surface area contributed by atoms with Crippen LogP contribution in [0, 0.1) is 11.6 Å². The lowest BCUT2D eigenvalue weighted by atomic mass is 9.98. The minimum absolute atomic E-state index is 0.0356. The van der Waals surface area contributed by atoms with E-state index in [4.69, 9.17) is 29.5 Å². The minimum Gasteiger partial charge on any atom is -0.496 e. The molecule has 320 valence electrons. The van der Waals surface area contributed by atoms with Crippen molar-refractivity contribution in [3.05, 3.63) is 108 Å². The normalized spacial score (nSPS) is 11.5. The molecule has 0 radical (unpaired) electrons. The van der Waals surface area contributed by atoms with Crippen LogP contribution in [0.15, 0.2) is 84.9 Å². The van der Waals surface area contributed by atoms with Crippen molar-refractivity contribution in [3.8, 4) is 33.8 Å². The molecule has 2 amide bonds. The van der Waals surface area contributed by atoms with Gasteiger partial charge in [-0.25, -0.2) is 8.78 Å². The fourth-order valence-corrected chi connectivity index (χ4v) is 6.04. The molecule has 60 heavy (non-hydrogen) atoms. The lowest BCUT2D eigenvalue weighted by Crippen LogP contribution is -2.38. The zero-order valence-electron chi connectivity index (χ0n) is 33.4. The number of hydrogen-bond acceptors (Lipinski definition) is 9. The fourth-order valence-electron chi connectivity index (χ4n) is 6.04. The molecule has 0 fully saturated rings. The molecule has 0 aliphatic carbocycles. The summed E-state index contributed by atoms with van der Waals surface area (Å²) in [7, 11) is 3.01. The van der Waals surface area contributed by atoms with Gasteiger partial charge in [0.05, 0.1) is 46.5 Å². The Morgan fingerprint density at radius 3 is 1.32 bits per heavy atom. The number of benzene rings is 4. The molecule has 4 rings (SSSR count). The lowest BCUT2D eigenvalue weighted by molar-refractivity contribution is -0.144. The van der Waals surface area contributed by atoms with Gasteiger partial charge < -0.3 is 40.2 Å². The first-order valence-corrected chi connectivity index (χ1v) is 18.9. The van der Waals surface area contributed by atoms with Crippen LogP contribution in [0.5, 0.6) is 11.5 Å². The van der Waals surface area contributed by atoms with Crippen LogP contribution in [0.2, 0.25) is 0 Å². The number of methoxy groups -OCH3 is 2. The number of esters is 1. The van der Waals surface area contributed by atoms with E-state index in [9.17, 15) is 37.5 Å². The molecule has 4 aromatic rings. The van der Waals surface area contributed by atoms with Crippen molar-refractivity contribution < 1.29 is 67.1 Å². The molecule has 2 atom stereocenters. The summed E-state index contributed by atoms with van der Waals surface area (Å²) < 4.78 is 42.8. The third kappa shape index (κ3) is 16.6. The van der Waals surface area contributed by atoms with E-state index in [-0.39, 0.29) is 57.4 Å². The van der Waals surface area contributed by atoms with Crippen molar-refractivity contribution in [3.63, 3.8) is 0 Å². The number of carboxylic acids is 3. The number of carbonyl (C=O) groups is 6. The van der Waals surface area contributed by atoms with Gasteiger partial charge in [-0.15, -0.1) is 0 Å². The van der Waals surface area contributed by atoms with Gasteiger partial charge in [0.2, 0.25) is 11.8 Å². The number of rotatable bonds is 21. The molecule has 0 aliphatic rings. The topological polar surface area (TPSA) is 215 Å². The summed E-state index contributed by atoms with van der Waals surface area (Å²) in [6.07, 6.45) is -0.733. The molecule has 0 spiro atoms. The lowest BCUT2D eigenvalue weighted by Gasteiger charge is -2.18. The molecule has 0 unspecified atom stereocenters. The standard InChI is InChI=1S/C23H26FNO6.C21H22FNO6/c1-3-31-23(29)14-18(25-21(26)10-11-22(27)28)12-15-4-6-16(7-5-15)19-13-17(24)8-9-20(19)30-2;1-29-18-7-6-15(22)11-17(18)14-4-2-13(3-5-14)10-16(12-21(27)28)23-19(24)8-9-20(25)26/h4-9,13,18H,3,10-12,14H2,1-2H3,(H,25,26)(H,27,28);2-7,11,16H,8-10,12H2,1H3,(H,23,24)(H,25,26)(H,27,28)/t18-;16-/m11/s1. The van der Waals surface area contributed by atoms with Gasteiger partial charge in [0.15, 0.2) is 0 Å². The quantitative estimate of drug-likeness (QED) is 0.0593. The average molecular weight is 835 g/mol. The summed E-state index contributed by atoms with van der Waals surface area (Å²) in [4.78, 5) is 68.2. The third-order valence-electron chi connectivity index (χ3n) is 8.82. The SMILES string of the molecule is CCOC(=O)C[C@@H](Cc1ccc(-c2cc(F)ccc2OC)cc1)NC(=O)CCC(=O)O.COc1ccc(F)cc1-c1ccc(C[C@H](CC(=O)O)NC(=O)CCC(=O)O)cc1. The number of halogens is 2. The van der Waals surface area contributed by atoms with Crippen molar-refractivity contribution in [2.45, 2.75) is 70.4 Å². The van der Waals surface area contributed by atoms with Gasteiger partial charge in [0.1, 0.15) is 23.1 Å². The van der Waals surface area contributed by atoms with E-state index in [1.807, 2.05) is 12.1 Å². The second-order valence-corrected chi connectivity index (χ2v) is 13.4. The van der Waals surface area contributed by atoms with Crippen molar-refractivity contribution in [1.29, 1.82) is 0 Å². The Morgan fingerprint density at radius 2 is 0.967 bits per heavy atom. The maximum Gasteiger partial charge on any atom is 0.307 e. The molecule has 5 N–H and O–H groups in total. The maximum atomic E-state index is 13.7. The highest BCUT2D eigenvalue weighted by Gasteiger charge is 2.20. The first-order valence-electron chi connectivity index (χ1n) is 18.9. The van der Waals surface area contributed by atoms with Crippen molar-refractivity contribution in [2.24, 2.45) is 0 Å². The van der Waals surface area contributed by atoms with E-state index in [1.165, 1.54) is 44.6 Å². The number of carboxylic acid groups (broad SMARTS) is 3. The van der Waals surface area contributed by atoms with Crippen LogP contribution >= 0.6 is 0 Å². The van der Waals surface area contributed by atoms with Crippen molar-refractivity contribution >= 4 is 35.7 Å². The Morgan fingerprint density at radius 1 is 0.567 bits per heavy atom. The van der Waals surface area contributed by atoms with Crippen LogP contribution in [0.3, 0.4) is 0 Å². The first-order chi connectivity index (χ1) is 28.6. The van der Waals surface area contributed by atoms with E-state index < -0.39 is 53.6 Å². The average Bonchev–Trinajstić information content (AvgIpc) is 3.20. The molecule has 0 aromatic heterocycles. The number of hydrogen-bond donors (Lipinski definition) is 5. The van der Waals surface area contributed by atoms with Crippen molar-refractivity contribution in [1.82, 2.24) is 10.6 Å². The van der Waals surface area contributed by atoms with E-state index in [2.05, 4.69) is 10.6 Å². The van der Waals surface area contributed by atoms with E-state index in [1.54, 1.807) is 49.4 Å². The predicted octanol–water partition coefficient (Wildman–Crippen LogP) is 6.21. The predicted molar refractivity (Wildman–Crippen MR) is 215 cm³/mol. The van der Waals surface area contributed by atoms with E-state index >= 15 is 0 Å². The van der Waals surface area contributed by atoms with Gasteiger partial charge in [-0.05, 0) is 78.4 Å². The van der Waals surface area contributed by atoms with Gasteiger partial charge >= 0.3 is 23.9 Å². The second kappa shape index (κ2) is 24.2. The van der Waals surface area contributed by atoms with Gasteiger partial charge in [-0.1, -0.05) is 48.5 Å². The Bertz CT molecular complexity index is 2090. The molecule has 16 heteroatoms. The molecule has 0 saturated heterocycles. The van der Waals surface area contributed by atoms with Crippen molar-refractivity contribution in [2.75, 3.05) is 20.8 Å². The smallest absolute Gasteiger partial charge is 0.307 e. The summed E-state index contributed by atoms with van der Waals surface area (Å²) in [6.45, 7) is 1.92. The number of nitrogens with one attached hydrogen (secondary N) is 2. The Kier molecular flexibility index (Phi) is 19.1. The van der Waals surface area contributed by atoms with Gasteiger partial charge in [-0.3, -0.25) is 28.8 Å². The highest BCUT2D eigenvalue weighted by Crippen LogP contribution is 2.32.